The summed E-state index contributed by atoms with van der Waals surface area (Å²) >= 11 is 0. The molecule has 1 aliphatic carbocycles. The van der Waals surface area contributed by atoms with Gasteiger partial charge in [0.2, 0.25) is 5.95 Å². The first-order chi connectivity index (χ1) is 14.8. The van der Waals surface area contributed by atoms with Gasteiger partial charge in [-0.25, -0.2) is 5.10 Å². The average molecular weight is 420 g/mol. The summed E-state index contributed by atoms with van der Waals surface area (Å²) in [6, 6.07) is 7.55. The Morgan fingerprint density at radius 1 is 1.29 bits per heavy atom. The number of ether oxygens (including phenoxy) is 2. The Morgan fingerprint density at radius 2 is 2.06 bits per heavy atom. The number of carbonyl (C=O) groups is 1. The van der Waals surface area contributed by atoms with Crippen LogP contribution in [0.1, 0.15) is 38.2 Å². The Balaban J connectivity index is 2.03. The van der Waals surface area contributed by atoms with Gasteiger partial charge in [-0.3, -0.25) is 9.69 Å². The van der Waals surface area contributed by atoms with Crippen LogP contribution in [0.25, 0.3) is 0 Å². The molecule has 160 valence electrons. The summed E-state index contributed by atoms with van der Waals surface area (Å²) < 4.78 is 11.0. The van der Waals surface area contributed by atoms with E-state index in [2.05, 4.69) is 21.3 Å². The van der Waals surface area contributed by atoms with E-state index >= 15 is 0 Å². The maximum atomic E-state index is 13.5. The van der Waals surface area contributed by atoms with Crippen molar-refractivity contribution in [1.29, 1.82) is 5.26 Å². The Bertz CT molecular complexity index is 1140. The molecule has 1 aliphatic heterocycles. The fourth-order valence-corrected chi connectivity index (χ4v) is 4.43. The number of aromatic amines is 1. The van der Waals surface area contributed by atoms with Crippen LogP contribution in [0.4, 0.5) is 5.95 Å². The summed E-state index contributed by atoms with van der Waals surface area (Å²) in [5.74, 6) is 0.996. The number of H-pyrrole nitrogens is 1. The zero-order chi connectivity index (χ0) is 22.3. The number of Topliss-reactive ketones (excluding diaryl/α,β-unsaturated/α-hetero) is 1. The van der Waals surface area contributed by atoms with Crippen molar-refractivity contribution in [2.75, 3.05) is 19.1 Å². The highest BCUT2D eigenvalue weighted by molar-refractivity contribution is 6.01. The second-order valence-electron chi connectivity index (χ2n) is 8.40. The van der Waals surface area contributed by atoms with E-state index in [1.54, 1.807) is 37.3 Å². The molecule has 1 atom stereocenters. The number of nitriles is 1. The van der Waals surface area contributed by atoms with Crippen molar-refractivity contribution < 1.29 is 14.3 Å². The molecule has 2 aliphatic rings. The lowest BCUT2D eigenvalue weighted by molar-refractivity contribution is -0.118. The van der Waals surface area contributed by atoms with Gasteiger partial charge in [0.25, 0.3) is 0 Å². The highest BCUT2D eigenvalue weighted by Gasteiger charge is 2.46. The summed E-state index contributed by atoms with van der Waals surface area (Å²) in [4.78, 5) is 19.4. The maximum Gasteiger partial charge on any atom is 0.231 e. The predicted molar refractivity (Wildman–Crippen MR) is 113 cm³/mol. The Hall–Kier alpha value is -3.80. The molecule has 3 N–H and O–H groups in total. The number of nitrogens with zero attached hydrogens (tertiary/aromatic N) is 4. The van der Waals surface area contributed by atoms with E-state index in [0.717, 1.165) is 0 Å². The van der Waals surface area contributed by atoms with Crippen molar-refractivity contribution >= 4 is 11.7 Å². The van der Waals surface area contributed by atoms with Gasteiger partial charge in [-0.2, -0.15) is 15.3 Å². The summed E-state index contributed by atoms with van der Waals surface area (Å²) in [6.45, 7) is 4.07. The number of allylic oxidation sites excluding steroid dienone is 3. The van der Waals surface area contributed by atoms with E-state index in [-0.39, 0.29) is 22.6 Å². The summed E-state index contributed by atoms with van der Waals surface area (Å²) in [5.41, 5.74) is 8.39. The fraction of sp³-hybridized carbons (Fsp3) is 0.364. The molecule has 0 spiro atoms. The molecule has 0 saturated heterocycles. The Labute approximate surface area is 180 Å². The molecule has 0 unspecified atom stereocenters. The van der Waals surface area contributed by atoms with Crippen LogP contribution in [0.3, 0.4) is 0 Å². The molecule has 0 radical (unpaired) electrons. The number of nitrogens with two attached hydrogens (primary N) is 1. The first kappa shape index (κ1) is 20.5. The fourth-order valence-electron chi connectivity index (χ4n) is 4.43. The zero-order valence-corrected chi connectivity index (χ0v) is 17.9. The van der Waals surface area contributed by atoms with Crippen LogP contribution >= 0.6 is 0 Å². The van der Waals surface area contributed by atoms with E-state index in [9.17, 15) is 10.1 Å². The molecular weight excluding hydrogens is 396 g/mol. The average Bonchev–Trinajstić information content (AvgIpc) is 3.25. The van der Waals surface area contributed by atoms with Gasteiger partial charge in [-0.1, -0.05) is 13.8 Å². The second kappa shape index (κ2) is 7.47. The Kier molecular flexibility index (Phi) is 4.93. The number of benzene rings is 1. The van der Waals surface area contributed by atoms with Gasteiger partial charge in [0.05, 0.1) is 31.8 Å². The number of hydrogen-bond acceptors (Lipinski definition) is 8. The normalized spacial score (nSPS) is 20.4. The number of methoxy groups -OCH3 is 2. The van der Waals surface area contributed by atoms with Crippen LogP contribution in [-0.4, -0.2) is 35.2 Å². The molecule has 2 heterocycles. The van der Waals surface area contributed by atoms with Crippen molar-refractivity contribution in [2.45, 2.75) is 32.6 Å². The maximum absolute atomic E-state index is 13.5. The molecular formula is C22H24N6O3. The van der Waals surface area contributed by atoms with Crippen LogP contribution in [0, 0.1) is 16.7 Å². The topological polar surface area (TPSA) is 130 Å². The molecule has 0 bridgehead atoms. The van der Waals surface area contributed by atoms with Gasteiger partial charge in [0.1, 0.15) is 23.6 Å². The quantitative estimate of drug-likeness (QED) is 0.772. The van der Waals surface area contributed by atoms with E-state index in [1.165, 1.54) is 6.33 Å². The highest BCUT2D eigenvalue weighted by Crippen LogP contribution is 2.51. The number of hydrogen-bond donors (Lipinski definition) is 2. The van der Waals surface area contributed by atoms with Crippen LogP contribution < -0.4 is 20.1 Å². The van der Waals surface area contributed by atoms with E-state index < -0.39 is 5.92 Å². The first-order valence-electron chi connectivity index (χ1n) is 9.84. The molecule has 4 rings (SSSR count). The number of nitrogens with one attached hydrogen (secondary N) is 1. The second-order valence-corrected chi connectivity index (χ2v) is 8.40. The Morgan fingerprint density at radius 3 is 2.68 bits per heavy atom. The summed E-state index contributed by atoms with van der Waals surface area (Å²) in [7, 11) is 3.11. The van der Waals surface area contributed by atoms with Gasteiger partial charge in [-0.15, -0.1) is 0 Å². The minimum absolute atomic E-state index is 0.0362. The summed E-state index contributed by atoms with van der Waals surface area (Å²) in [5, 5.41) is 16.8. The van der Waals surface area contributed by atoms with Gasteiger partial charge < -0.3 is 15.2 Å². The zero-order valence-electron chi connectivity index (χ0n) is 17.9. The smallest absolute Gasteiger partial charge is 0.231 e. The highest BCUT2D eigenvalue weighted by atomic mass is 16.5. The largest absolute Gasteiger partial charge is 0.497 e. The van der Waals surface area contributed by atoms with Gasteiger partial charge in [-0.05, 0) is 30.0 Å². The summed E-state index contributed by atoms with van der Waals surface area (Å²) in [6.07, 6.45) is 2.30. The van der Waals surface area contributed by atoms with Crippen molar-refractivity contribution in [3.05, 3.63) is 52.8 Å². The standard InChI is InChI=1S/C22H24N6O3/c1-22(2)8-15-19(16(29)9-22)18(13-7-12(30-3)5-6-17(13)31-4)14(10-23)20(24)28(15)21-25-11-26-27-21/h5-7,11,18H,8-9,24H2,1-4H3,(H,25,26,27)/t18-/m0/s1. The van der Waals surface area contributed by atoms with Crippen molar-refractivity contribution in [1.82, 2.24) is 15.2 Å². The molecule has 2 aromatic rings. The van der Waals surface area contributed by atoms with Crippen molar-refractivity contribution in [3.8, 4) is 17.6 Å². The van der Waals surface area contributed by atoms with Crippen molar-refractivity contribution in [2.24, 2.45) is 11.1 Å². The van der Waals surface area contributed by atoms with Crippen molar-refractivity contribution in [3.63, 3.8) is 0 Å². The third kappa shape index (κ3) is 3.30. The van der Waals surface area contributed by atoms with E-state index in [4.69, 9.17) is 15.2 Å². The lowest BCUT2D eigenvalue weighted by Crippen LogP contribution is -2.42. The third-order valence-electron chi connectivity index (χ3n) is 5.74. The van der Waals surface area contributed by atoms with Gasteiger partial charge in [0, 0.05) is 23.3 Å². The number of ketones is 1. The number of anilines is 1. The minimum Gasteiger partial charge on any atom is -0.497 e. The molecule has 0 saturated carbocycles. The minimum atomic E-state index is -0.673. The van der Waals surface area contributed by atoms with Crippen LogP contribution in [0.15, 0.2) is 47.2 Å². The number of rotatable bonds is 4. The SMILES string of the molecule is COc1ccc(OC)c([C@H]2C(C#N)=C(N)N(c3ncn[nH]3)C3=C2C(=O)CC(C)(C)C3)c1. The molecule has 9 nitrogen and oxygen atoms in total. The molecule has 1 aromatic heterocycles. The number of carbonyl (C=O) groups excluding carboxylic acids is 1. The molecule has 0 amide bonds. The van der Waals surface area contributed by atoms with Crippen LogP contribution in [0.2, 0.25) is 0 Å². The van der Waals surface area contributed by atoms with Crippen LogP contribution in [0.5, 0.6) is 11.5 Å². The van der Waals surface area contributed by atoms with Gasteiger partial charge in [0.15, 0.2) is 5.78 Å². The molecule has 1 aromatic carbocycles. The molecule has 9 heteroatoms. The molecule has 0 fully saturated rings. The lowest BCUT2D eigenvalue weighted by atomic mass is 9.68. The predicted octanol–water partition coefficient (Wildman–Crippen LogP) is 2.76. The molecule has 31 heavy (non-hydrogen) atoms. The third-order valence-corrected chi connectivity index (χ3v) is 5.74. The van der Waals surface area contributed by atoms with Gasteiger partial charge >= 0.3 is 0 Å². The van der Waals surface area contributed by atoms with E-state index in [1.807, 2.05) is 13.8 Å². The monoisotopic (exact) mass is 420 g/mol. The first-order valence-corrected chi connectivity index (χ1v) is 9.84. The van der Waals surface area contributed by atoms with E-state index in [0.29, 0.717) is 47.1 Å². The van der Waals surface area contributed by atoms with Crippen LogP contribution in [-0.2, 0) is 4.79 Å². The number of aromatic nitrogens is 3. The lowest BCUT2D eigenvalue weighted by Gasteiger charge is -2.42.